The molecule has 0 aliphatic heterocycles. The zero-order valence-corrected chi connectivity index (χ0v) is 8.75. The highest BCUT2D eigenvalue weighted by Crippen LogP contribution is 2.23. The summed E-state index contributed by atoms with van der Waals surface area (Å²) in [6.45, 7) is 9.20. The number of hydrogen-bond acceptors (Lipinski definition) is 4. The molecule has 0 radical (unpaired) electrons. The first-order chi connectivity index (χ1) is 5.71. The topological polar surface area (TPSA) is 59.2 Å². The van der Waals surface area contributed by atoms with E-state index in [1.807, 2.05) is 20.8 Å². The number of hydrogen-bond donors (Lipinski definition) is 1. The van der Waals surface area contributed by atoms with Crippen molar-refractivity contribution in [1.29, 1.82) is 0 Å². The predicted molar refractivity (Wildman–Crippen MR) is 48.2 cm³/mol. The first-order valence-corrected chi connectivity index (χ1v) is 4.28. The first kappa shape index (κ1) is 10.2. The van der Waals surface area contributed by atoms with E-state index in [4.69, 9.17) is 4.52 Å². The second kappa shape index (κ2) is 2.80. The molecule has 0 saturated carbocycles. The van der Waals surface area contributed by atoms with Crippen LogP contribution in [0.4, 0.5) is 0 Å². The average molecular weight is 184 g/mol. The Bertz CT molecular complexity index is 263. The third-order valence-corrected chi connectivity index (χ3v) is 1.61. The fraction of sp³-hybridized carbons (Fsp3) is 0.778. The highest BCUT2D eigenvalue weighted by Gasteiger charge is 2.27. The van der Waals surface area contributed by atoms with Crippen molar-refractivity contribution in [3.8, 4) is 0 Å². The lowest BCUT2D eigenvalue weighted by molar-refractivity contribution is 0.0660. The average Bonchev–Trinajstić information content (AvgIpc) is 2.28. The maximum atomic E-state index is 9.58. The molecule has 0 saturated heterocycles. The second-order valence-corrected chi connectivity index (χ2v) is 4.73. The fourth-order valence-electron chi connectivity index (χ4n) is 0.777. The van der Waals surface area contributed by atoms with E-state index in [1.54, 1.807) is 13.8 Å². The van der Waals surface area contributed by atoms with E-state index in [1.165, 1.54) is 0 Å². The van der Waals surface area contributed by atoms with Crippen LogP contribution in [0.2, 0.25) is 0 Å². The Morgan fingerprint density at radius 2 is 1.69 bits per heavy atom. The Morgan fingerprint density at radius 3 is 1.92 bits per heavy atom. The molecule has 13 heavy (non-hydrogen) atoms. The summed E-state index contributed by atoms with van der Waals surface area (Å²) < 4.78 is 5.03. The summed E-state index contributed by atoms with van der Waals surface area (Å²) in [5, 5.41) is 13.3. The summed E-state index contributed by atoms with van der Waals surface area (Å²) in [5.74, 6) is 0.877. The van der Waals surface area contributed by atoms with Gasteiger partial charge in [0.05, 0.1) is 0 Å². The van der Waals surface area contributed by atoms with Gasteiger partial charge in [-0.25, -0.2) is 0 Å². The van der Waals surface area contributed by atoms with Gasteiger partial charge < -0.3 is 9.63 Å². The van der Waals surface area contributed by atoms with Gasteiger partial charge >= 0.3 is 0 Å². The maximum absolute atomic E-state index is 9.58. The van der Waals surface area contributed by atoms with Crippen molar-refractivity contribution in [1.82, 2.24) is 10.1 Å². The molecule has 4 nitrogen and oxygen atoms in total. The lowest BCUT2D eigenvalue weighted by Crippen LogP contribution is -2.18. The smallest absolute Gasteiger partial charge is 0.232 e. The molecule has 0 atom stereocenters. The van der Waals surface area contributed by atoms with Crippen LogP contribution in [0.5, 0.6) is 0 Å². The largest absolute Gasteiger partial charge is 0.382 e. The van der Waals surface area contributed by atoms with Gasteiger partial charge in [0.2, 0.25) is 11.7 Å². The SMILES string of the molecule is CC(C)(C)c1nc(C(C)(C)O)no1. The normalized spacial score (nSPS) is 13.4. The van der Waals surface area contributed by atoms with Crippen LogP contribution in [0.25, 0.3) is 0 Å². The van der Waals surface area contributed by atoms with Gasteiger partial charge in [0, 0.05) is 5.41 Å². The molecule has 0 amide bonds. The minimum absolute atomic E-state index is 0.170. The van der Waals surface area contributed by atoms with Crippen LogP contribution in [-0.4, -0.2) is 15.2 Å². The molecule has 0 unspecified atom stereocenters. The standard InChI is InChI=1S/C9H16N2O2/c1-8(2,3)7-10-6(11-13-7)9(4,5)12/h12H,1-5H3. The van der Waals surface area contributed by atoms with Crippen LogP contribution < -0.4 is 0 Å². The summed E-state index contributed by atoms with van der Waals surface area (Å²) in [7, 11) is 0. The van der Waals surface area contributed by atoms with Crippen molar-refractivity contribution in [2.24, 2.45) is 0 Å². The Labute approximate surface area is 78.0 Å². The van der Waals surface area contributed by atoms with Crippen molar-refractivity contribution in [2.75, 3.05) is 0 Å². The molecule has 0 aliphatic rings. The fourth-order valence-corrected chi connectivity index (χ4v) is 0.777. The minimum atomic E-state index is -1.03. The van der Waals surface area contributed by atoms with E-state index in [0.29, 0.717) is 11.7 Å². The van der Waals surface area contributed by atoms with Crippen LogP contribution in [0.1, 0.15) is 46.3 Å². The van der Waals surface area contributed by atoms with Crippen LogP contribution in [-0.2, 0) is 11.0 Å². The molecule has 4 heteroatoms. The van der Waals surface area contributed by atoms with Gasteiger partial charge in [-0.1, -0.05) is 25.9 Å². The lowest BCUT2D eigenvalue weighted by Gasteiger charge is -2.12. The highest BCUT2D eigenvalue weighted by atomic mass is 16.5. The van der Waals surface area contributed by atoms with Gasteiger partial charge in [0.15, 0.2) is 0 Å². The van der Waals surface area contributed by atoms with Gasteiger partial charge in [-0.15, -0.1) is 0 Å². The van der Waals surface area contributed by atoms with Crippen molar-refractivity contribution in [2.45, 2.75) is 45.6 Å². The highest BCUT2D eigenvalue weighted by molar-refractivity contribution is 5.02. The molecular weight excluding hydrogens is 168 g/mol. The quantitative estimate of drug-likeness (QED) is 0.720. The third-order valence-electron chi connectivity index (χ3n) is 1.61. The molecular formula is C9H16N2O2. The Balaban J connectivity index is 3.01. The molecule has 1 aromatic rings. The molecule has 0 fully saturated rings. The number of rotatable bonds is 1. The summed E-state index contributed by atoms with van der Waals surface area (Å²) >= 11 is 0. The molecule has 1 heterocycles. The van der Waals surface area contributed by atoms with Crippen LogP contribution in [0, 0.1) is 0 Å². The molecule has 0 spiro atoms. The number of nitrogens with zero attached hydrogens (tertiary/aromatic N) is 2. The van der Waals surface area contributed by atoms with Gasteiger partial charge in [-0.3, -0.25) is 0 Å². The van der Waals surface area contributed by atoms with E-state index >= 15 is 0 Å². The van der Waals surface area contributed by atoms with E-state index in [0.717, 1.165) is 0 Å². The van der Waals surface area contributed by atoms with E-state index in [-0.39, 0.29) is 5.41 Å². The summed E-state index contributed by atoms with van der Waals surface area (Å²) in [6, 6.07) is 0. The predicted octanol–water partition coefficient (Wildman–Crippen LogP) is 1.59. The van der Waals surface area contributed by atoms with Crippen LogP contribution in [0.15, 0.2) is 4.52 Å². The van der Waals surface area contributed by atoms with Crippen molar-refractivity contribution in [3.05, 3.63) is 11.7 Å². The minimum Gasteiger partial charge on any atom is -0.382 e. The molecule has 74 valence electrons. The van der Waals surface area contributed by atoms with Gasteiger partial charge in [0.1, 0.15) is 5.60 Å². The first-order valence-electron chi connectivity index (χ1n) is 4.28. The van der Waals surface area contributed by atoms with Crippen LogP contribution in [0.3, 0.4) is 0 Å². The molecule has 1 rings (SSSR count). The summed E-state index contributed by atoms with van der Waals surface area (Å²) in [5.41, 5.74) is -1.20. The molecule has 0 aromatic carbocycles. The van der Waals surface area contributed by atoms with Crippen molar-refractivity contribution < 1.29 is 9.63 Å². The van der Waals surface area contributed by atoms with E-state index in [9.17, 15) is 5.11 Å². The third kappa shape index (κ3) is 2.28. The number of aliphatic hydroxyl groups is 1. The molecule has 1 N–H and O–H groups in total. The second-order valence-electron chi connectivity index (χ2n) is 4.73. The zero-order valence-electron chi connectivity index (χ0n) is 8.75. The van der Waals surface area contributed by atoms with Crippen LogP contribution >= 0.6 is 0 Å². The Morgan fingerprint density at radius 1 is 1.15 bits per heavy atom. The van der Waals surface area contributed by atoms with E-state index in [2.05, 4.69) is 10.1 Å². The zero-order chi connectivity index (χ0) is 10.3. The molecule has 0 aliphatic carbocycles. The maximum Gasteiger partial charge on any atom is 0.232 e. The van der Waals surface area contributed by atoms with Gasteiger partial charge in [-0.2, -0.15) is 4.98 Å². The van der Waals surface area contributed by atoms with E-state index < -0.39 is 5.60 Å². The molecule has 0 bridgehead atoms. The molecule has 1 aromatic heterocycles. The Kier molecular flexibility index (Phi) is 2.20. The van der Waals surface area contributed by atoms with Crippen molar-refractivity contribution >= 4 is 0 Å². The number of aromatic nitrogens is 2. The lowest BCUT2D eigenvalue weighted by atomic mass is 9.97. The summed E-state index contributed by atoms with van der Waals surface area (Å²) in [6.07, 6.45) is 0. The van der Waals surface area contributed by atoms with Gasteiger partial charge in [0.25, 0.3) is 0 Å². The summed E-state index contributed by atoms with van der Waals surface area (Å²) in [4.78, 5) is 4.12. The van der Waals surface area contributed by atoms with Crippen molar-refractivity contribution in [3.63, 3.8) is 0 Å². The Hall–Kier alpha value is -0.900. The monoisotopic (exact) mass is 184 g/mol. The van der Waals surface area contributed by atoms with Gasteiger partial charge in [-0.05, 0) is 13.8 Å².